The van der Waals surface area contributed by atoms with Crippen molar-refractivity contribution in [3.63, 3.8) is 0 Å². The maximum atomic E-state index is 12.0. The molecule has 4 atom stereocenters. The molecule has 0 radical (unpaired) electrons. The quantitative estimate of drug-likeness (QED) is 0.684. The molecule has 0 aromatic heterocycles. The zero-order chi connectivity index (χ0) is 13.8. The number of rotatable bonds is 1. The second-order valence-electron chi connectivity index (χ2n) is 7.23. The average molecular weight is 266 g/mol. The fourth-order valence-corrected chi connectivity index (χ4v) is 3.95. The summed E-state index contributed by atoms with van der Waals surface area (Å²) in [5.74, 6) is 0.808. The average Bonchev–Trinajstić information content (AvgIpc) is 2.60. The second kappa shape index (κ2) is 4.05. The Bertz CT molecular complexity index is 428. The summed E-state index contributed by atoms with van der Waals surface area (Å²) < 4.78 is 11.3. The van der Waals surface area contributed by atoms with Gasteiger partial charge in [-0.1, -0.05) is 6.92 Å². The van der Waals surface area contributed by atoms with Crippen LogP contribution in [0, 0.1) is 17.3 Å². The van der Waals surface area contributed by atoms with Crippen molar-refractivity contribution in [3.8, 4) is 0 Å². The van der Waals surface area contributed by atoms with Gasteiger partial charge in [-0.05, 0) is 45.4 Å². The van der Waals surface area contributed by atoms with Gasteiger partial charge in [0.1, 0.15) is 5.78 Å². The van der Waals surface area contributed by atoms with E-state index in [-0.39, 0.29) is 17.3 Å². The molecule has 106 valence electrons. The predicted octanol–water partition coefficient (Wildman–Crippen LogP) is 2.45. The number of hydrogen-bond acceptors (Lipinski definition) is 4. The van der Waals surface area contributed by atoms with Crippen LogP contribution in [-0.2, 0) is 19.1 Å². The summed E-state index contributed by atoms with van der Waals surface area (Å²) in [5.41, 5.74) is -1.07. The molecule has 4 heteroatoms. The number of hydrogen-bond donors (Lipinski definition) is 0. The van der Waals surface area contributed by atoms with Crippen LogP contribution >= 0.6 is 0 Å². The minimum Gasteiger partial charge on any atom is -0.433 e. The van der Waals surface area contributed by atoms with Gasteiger partial charge in [0, 0.05) is 17.8 Å². The number of ketones is 1. The molecule has 0 aromatic carbocycles. The molecule has 0 amide bonds. The highest BCUT2D eigenvalue weighted by molar-refractivity contribution is 5.82. The van der Waals surface area contributed by atoms with Gasteiger partial charge in [0.2, 0.25) is 6.29 Å². The second-order valence-corrected chi connectivity index (χ2v) is 7.23. The molecule has 19 heavy (non-hydrogen) atoms. The first-order valence-corrected chi connectivity index (χ1v) is 7.22. The molecule has 0 spiro atoms. The minimum atomic E-state index is -0.857. The number of carbonyl (C=O) groups is 2. The summed E-state index contributed by atoms with van der Waals surface area (Å²) in [5, 5.41) is 0. The summed E-state index contributed by atoms with van der Waals surface area (Å²) in [7, 11) is 0. The van der Waals surface area contributed by atoms with E-state index in [0.717, 1.165) is 32.1 Å². The van der Waals surface area contributed by atoms with Crippen LogP contribution in [0.1, 0.15) is 52.9 Å². The molecule has 2 aliphatic carbocycles. The van der Waals surface area contributed by atoms with Crippen molar-refractivity contribution < 1.29 is 19.1 Å². The molecule has 1 saturated heterocycles. The van der Waals surface area contributed by atoms with Gasteiger partial charge in [0.25, 0.3) is 0 Å². The van der Waals surface area contributed by atoms with Gasteiger partial charge in [-0.2, -0.15) is 0 Å². The molecule has 1 aliphatic heterocycles. The monoisotopic (exact) mass is 266 g/mol. The lowest BCUT2D eigenvalue weighted by molar-refractivity contribution is -0.180. The van der Waals surface area contributed by atoms with E-state index in [9.17, 15) is 9.59 Å². The molecule has 3 fully saturated rings. The van der Waals surface area contributed by atoms with Gasteiger partial charge < -0.3 is 9.47 Å². The number of esters is 1. The molecular weight excluding hydrogens is 244 g/mol. The van der Waals surface area contributed by atoms with Crippen molar-refractivity contribution in [2.45, 2.75) is 64.8 Å². The van der Waals surface area contributed by atoms with Crippen molar-refractivity contribution in [2.75, 3.05) is 0 Å². The lowest BCUT2D eigenvalue weighted by Crippen LogP contribution is -2.45. The molecule has 1 heterocycles. The van der Waals surface area contributed by atoms with E-state index in [1.165, 1.54) is 0 Å². The van der Waals surface area contributed by atoms with E-state index in [1.54, 1.807) is 13.8 Å². The number of carbonyl (C=O) groups excluding carboxylic acids is 2. The van der Waals surface area contributed by atoms with Crippen molar-refractivity contribution >= 4 is 11.8 Å². The van der Waals surface area contributed by atoms with Crippen LogP contribution in [0.2, 0.25) is 0 Å². The Morgan fingerprint density at radius 2 is 1.89 bits per heavy atom. The molecule has 2 bridgehead atoms. The zero-order valence-corrected chi connectivity index (χ0v) is 11.9. The molecule has 1 unspecified atom stereocenters. The first-order chi connectivity index (χ1) is 8.80. The third-order valence-corrected chi connectivity index (χ3v) is 5.02. The van der Waals surface area contributed by atoms with Gasteiger partial charge in [-0.3, -0.25) is 4.79 Å². The van der Waals surface area contributed by atoms with E-state index in [0.29, 0.717) is 11.7 Å². The molecule has 2 saturated carbocycles. The van der Waals surface area contributed by atoms with Gasteiger partial charge in [-0.25, -0.2) is 4.79 Å². The Labute approximate surface area is 113 Å². The van der Waals surface area contributed by atoms with Crippen molar-refractivity contribution in [1.29, 1.82) is 0 Å². The van der Waals surface area contributed by atoms with Gasteiger partial charge >= 0.3 is 5.97 Å². The topological polar surface area (TPSA) is 52.6 Å². The number of cyclic esters (lactones) is 1. The Morgan fingerprint density at radius 3 is 2.53 bits per heavy atom. The van der Waals surface area contributed by atoms with E-state index in [4.69, 9.17) is 9.47 Å². The lowest BCUT2D eigenvalue weighted by atomic mass is 9.61. The number of ether oxygens (including phenoxy) is 2. The fourth-order valence-electron chi connectivity index (χ4n) is 3.95. The molecular formula is C15H22O4. The van der Waals surface area contributed by atoms with Crippen molar-refractivity contribution in [1.82, 2.24) is 0 Å². The largest absolute Gasteiger partial charge is 0.433 e. The normalized spacial score (nSPS) is 45.1. The van der Waals surface area contributed by atoms with Gasteiger partial charge in [-0.15, -0.1) is 0 Å². The summed E-state index contributed by atoms with van der Waals surface area (Å²) in [6.07, 6.45) is 4.00. The Kier molecular flexibility index (Phi) is 2.79. The van der Waals surface area contributed by atoms with Crippen molar-refractivity contribution in [3.05, 3.63) is 0 Å². The molecule has 4 nitrogen and oxygen atoms in total. The third kappa shape index (κ3) is 2.10. The molecule has 3 rings (SSSR count). The number of Topliss-reactive ketones (excluding diaryl/α,β-unsaturated/α-hetero) is 1. The lowest BCUT2D eigenvalue weighted by Gasteiger charge is -2.46. The van der Waals surface area contributed by atoms with Crippen LogP contribution in [0.5, 0.6) is 0 Å². The minimum absolute atomic E-state index is 0.142. The molecule has 0 N–H and O–H groups in total. The molecule has 3 aliphatic rings. The Hall–Kier alpha value is -0.900. The van der Waals surface area contributed by atoms with Crippen LogP contribution in [0.3, 0.4) is 0 Å². The standard InChI is InChI=1S/C15H22O4/c1-14(2)12(17)18-13(19-14)15(3)7-9-4-5-11(16)10(6-9)8-15/h9-10,13H,4-8H2,1-3H3/t9-,10+,13?,15+/m1/s1. The van der Waals surface area contributed by atoms with E-state index in [2.05, 4.69) is 6.92 Å². The highest BCUT2D eigenvalue weighted by Crippen LogP contribution is 2.51. The fraction of sp³-hybridized carbons (Fsp3) is 0.867. The maximum Gasteiger partial charge on any atom is 0.340 e. The smallest absolute Gasteiger partial charge is 0.340 e. The van der Waals surface area contributed by atoms with Crippen LogP contribution < -0.4 is 0 Å². The van der Waals surface area contributed by atoms with Gasteiger partial charge in [0.15, 0.2) is 5.60 Å². The summed E-state index contributed by atoms with van der Waals surface area (Å²) in [6, 6.07) is 0. The van der Waals surface area contributed by atoms with E-state index in [1.807, 2.05) is 0 Å². The summed E-state index contributed by atoms with van der Waals surface area (Å²) in [6.45, 7) is 5.59. The Balaban J connectivity index is 1.80. The van der Waals surface area contributed by atoms with Crippen LogP contribution in [0.25, 0.3) is 0 Å². The maximum absolute atomic E-state index is 12.0. The number of fused-ring (bicyclic) bond motifs is 2. The van der Waals surface area contributed by atoms with Crippen LogP contribution in [-0.4, -0.2) is 23.6 Å². The summed E-state index contributed by atoms with van der Waals surface area (Å²) >= 11 is 0. The van der Waals surface area contributed by atoms with E-state index >= 15 is 0 Å². The zero-order valence-electron chi connectivity index (χ0n) is 11.9. The van der Waals surface area contributed by atoms with Gasteiger partial charge in [0.05, 0.1) is 0 Å². The van der Waals surface area contributed by atoms with E-state index < -0.39 is 11.9 Å². The Morgan fingerprint density at radius 1 is 1.16 bits per heavy atom. The molecule has 0 aromatic rings. The first kappa shape index (κ1) is 13.1. The SMILES string of the molecule is CC1(C)OC([C@@]2(C)C[C@@H]3CCC(=O)[C@@H](C3)C2)OC1=O. The first-order valence-electron chi connectivity index (χ1n) is 7.22. The highest BCUT2D eigenvalue weighted by Gasteiger charge is 2.54. The summed E-state index contributed by atoms with van der Waals surface area (Å²) in [4.78, 5) is 23.7. The highest BCUT2D eigenvalue weighted by atomic mass is 16.8. The van der Waals surface area contributed by atoms with Crippen LogP contribution in [0.15, 0.2) is 0 Å². The van der Waals surface area contributed by atoms with Crippen molar-refractivity contribution in [2.24, 2.45) is 17.3 Å². The van der Waals surface area contributed by atoms with Crippen LogP contribution in [0.4, 0.5) is 0 Å². The third-order valence-electron chi connectivity index (χ3n) is 5.02. The predicted molar refractivity (Wildman–Crippen MR) is 68.2 cm³/mol.